The van der Waals surface area contributed by atoms with Crippen LogP contribution in [0.3, 0.4) is 0 Å². The van der Waals surface area contributed by atoms with Gasteiger partial charge in [0, 0.05) is 37.2 Å². The molecule has 1 fully saturated rings. The van der Waals surface area contributed by atoms with Gasteiger partial charge in [-0.25, -0.2) is 0 Å². The van der Waals surface area contributed by atoms with Gasteiger partial charge < -0.3 is 10.2 Å². The molecule has 1 heterocycles. The molecule has 0 aromatic heterocycles. The van der Waals surface area contributed by atoms with E-state index in [0.29, 0.717) is 5.02 Å². The average molecular weight is 451 g/mol. The third kappa shape index (κ3) is 5.55. The molecular formula is C20H21BrClN3S. The standard InChI is InChI=1S/C20H21BrClN3S/c21-17-8-9-19(18(22)15-17)23-20(26)25-13-11-24(12-14-25)10-4-7-16-5-2-1-3-6-16/h1-9,15H,10-14H2,(H,23,26)/b7-4+. The zero-order chi connectivity index (χ0) is 18.4. The zero-order valence-corrected chi connectivity index (χ0v) is 17.5. The Kier molecular flexibility index (Phi) is 7.08. The molecule has 6 heteroatoms. The molecule has 0 aliphatic carbocycles. The van der Waals surface area contributed by atoms with Crippen molar-refractivity contribution < 1.29 is 0 Å². The second-order valence-corrected chi connectivity index (χ2v) is 7.86. The Balaban J connectivity index is 1.45. The van der Waals surface area contributed by atoms with E-state index in [4.69, 9.17) is 23.8 Å². The lowest BCUT2D eigenvalue weighted by atomic mass is 10.2. The number of rotatable bonds is 4. The van der Waals surface area contributed by atoms with Crippen LogP contribution in [0.4, 0.5) is 5.69 Å². The molecule has 0 saturated carbocycles. The first-order chi connectivity index (χ1) is 12.6. The highest BCUT2D eigenvalue weighted by molar-refractivity contribution is 9.10. The summed E-state index contributed by atoms with van der Waals surface area (Å²) in [6, 6.07) is 16.1. The summed E-state index contributed by atoms with van der Waals surface area (Å²) >= 11 is 15.2. The van der Waals surface area contributed by atoms with Crippen LogP contribution in [0.15, 0.2) is 59.1 Å². The van der Waals surface area contributed by atoms with Crippen molar-refractivity contribution in [2.45, 2.75) is 0 Å². The van der Waals surface area contributed by atoms with Crippen LogP contribution in [0.5, 0.6) is 0 Å². The van der Waals surface area contributed by atoms with Crippen molar-refractivity contribution in [3.63, 3.8) is 0 Å². The Hall–Kier alpha value is -1.40. The summed E-state index contributed by atoms with van der Waals surface area (Å²) in [6.07, 6.45) is 4.40. The van der Waals surface area contributed by atoms with E-state index < -0.39 is 0 Å². The minimum absolute atomic E-state index is 0.659. The summed E-state index contributed by atoms with van der Waals surface area (Å²) in [5.74, 6) is 0. The third-order valence-corrected chi connectivity index (χ3v) is 5.47. The van der Waals surface area contributed by atoms with Gasteiger partial charge in [0.2, 0.25) is 0 Å². The first-order valence-corrected chi connectivity index (χ1v) is 10.1. The molecule has 0 radical (unpaired) electrons. The second-order valence-electron chi connectivity index (χ2n) is 6.16. The molecule has 1 aliphatic heterocycles. The molecule has 2 aromatic carbocycles. The van der Waals surface area contributed by atoms with Crippen molar-refractivity contribution in [3.05, 3.63) is 69.7 Å². The highest BCUT2D eigenvalue weighted by Gasteiger charge is 2.18. The zero-order valence-electron chi connectivity index (χ0n) is 14.4. The van der Waals surface area contributed by atoms with Crippen molar-refractivity contribution in [2.24, 2.45) is 0 Å². The minimum Gasteiger partial charge on any atom is -0.346 e. The van der Waals surface area contributed by atoms with Crippen LogP contribution in [0, 0.1) is 0 Å². The van der Waals surface area contributed by atoms with E-state index in [-0.39, 0.29) is 0 Å². The number of thiocarbonyl (C=S) groups is 1. The van der Waals surface area contributed by atoms with Crippen LogP contribution in [0.1, 0.15) is 5.56 Å². The molecule has 26 heavy (non-hydrogen) atoms. The topological polar surface area (TPSA) is 18.5 Å². The Labute approximate surface area is 173 Å². The molecule has 1 N–H and O–H groups in total. The normalized spacial score (nSPS) is 15.4. The van der Waals surface area contributed by atoms with Crippen LogP contribution in [-0.2, 0) is 0 Å². The molecule has 1 aliphatic rings. The van der Waals surface area contributed by atoms with Gasteiger partial charge in [0.15, 0.2) is 5.11 Å². The first kappa shape index (κ1) is 19.4. The highest BCUT2D eigenvalue weighted by atomic mass is 79.9. The summed E-state index contributed by atoms with van der Waals surface area (Å²) in [4.78, 5) is 4.64. The summed E-state index contributed by atoms with van der Waals surface area (Å²) in [5, 5.41) is 4.65. The van der Waals surface area contributed by atoms with Crippen LogP contribution < -0.4 is 5.32 Å². The lowest BCUT2D eigenvalue weighted by Crippen LogP contribution is -2.49. The minimum atomic E-state index is 0.659. The monoisotopic (exact) mass is 449 g/mol. The SMILES string of the molecule is S=C(Nc1ccc(Br)cc1Cl)N1CCN(C/C=C/c2ccccc2)CC1. The molecule has 0 atom stereocenters. The van der Waals surface area contributed by atoms with Crippen LogP contribution in [-0.4, -0.2) is 47.6 Å². The average Bonchev–Trinajstić information content (AvgIpc) is 2.65. The van der Waals surface area contributed by atoms with Gasteiger partial charge in [-0.15, -0.1) is 0 Å². The largest absolute Gasteiger partial charge is 0.346 e. The summed E-state index contributed by atoms with van der Waals surface area (Å²) in [6.45, 7) is 4.78. The fourth-order valence-corrected chi connectivity index (χ4v) is 3.83. The molecule has 136 valence electrons. The van der Waals surface area contributed by atoms with Crippen LogP contribution in [0.2, 0.25) is 5.02 Å². The maximum atomic E-state index is 6.26. The third-order valence-electron chi connectivity index (χ3n) is 4.31. The molecule has 1 saturated heterocycles. The quantitative estimate of drug-likeness (QED) is 0.651. The molecule has 3 nitrogen and oxygen atoms in total. The van der Waals surface area contributed by atoms with Gasteiger partial charge in [-0.2, -0.15) is 0 Å². The van der Waals surface area contributed by atoms with Crippen LogP contribution in [0.25, 0.3) is 6.08 Å². The second kappa shape index (κ2) is 9.51. The Morgan fingerprint density at radius 1 is 1.12 bits per heavy atom. The number of hydrogen-bond donors (Lipinski definition) is 1. The number of piperazine rings is 1. The molecule has 3 rings (SSSR count). The van der Waals surface area contributed by atoms with Gasteiger partial charge in [-0.3, -0.25) is 4.90 Å². The van der Waals surface area contributed by atoms with E-state index in [2.05, 4.69) is 67.5 Å². The Morgan fingerprint density at radius 2 is 1.85 bits per heavy atom. The fourth-order valence-electron chi connectivity index (χ4n) is 2.82. The number of anilines is 1. The smallest absolute Gasteiger partial charge is 0.173 e. The van der Waals surface area contributed by atoms with E-state index >= 15 is 0 Å². The van der Waals surface area contributed by atoms with Gasteiger partial charge in [0.1, 0.15) is 0 Å². The van der Waals surface area contributed by atoms with Gasteiger partial charge in [0.05, 0.1) is 10.7 Å². The number of nitrogens with zero attached hydrogens (tertiary/aromatic N) is 2. The maximum absolute atomic E-state index is 6.26. The Morgan fingerprint density at radius 3 is 2.54 bits per heavy atom. The van der Waals surface area contributed by atoms with Crippen molar-refractivity contribution in [2.75, 3.05) is 38.0 Å². The molecule has 2 aromatic rings. The predicted molar refractivity (Wildman–Crippen MR) is 119 cm³/mol. The fraction of sp³-hybridized carbons (Fsp3) is 0.250. The lowest BCUT2D eigenvalue weighted by molar-refractivity contribution is 0.200. The van der Waals surface area contributed by atoms with E-state index in [1.807, 2.05) is 24.3 Å². The molecule has 0 spiro atoms. The van der Waals surface area contributed by atoms with E-state index in [0.717, 1.165) is 48.0 Å². The maximum Gasteiger partial charge on any atom is 0.173 e. The summed E-state index contributed by atoms with van der Waals surface area (Å²) < 4.78 is 0.955. The van der Waals surface area contributed by atoms with E-state index in [9.17, 15) is 0 Å². The van der Waals surface area contributed by atoms with Gasteiger partial charge in [0.25, 0.3) is 0 Å². The number of hydrogen-bond acceptors (Lipinski definition) is 2. The molecule has 0 bridgehead atoms. The van der Waals surface area contributed by atoms with Crippen molar-refractivity contribution in [1.82, 2.24) is 9.80 Å². The number of benzene rings is 2. The molecular weight excluding hydrogens is 430 g/mol. The summed E-state index contributed by atoms with van der Waals surface area (Å²) in [7, 11) is 0. The van der Waals surface area contributed by atoms with Crippen LogP contribution >= 0.6 is 39.7 Å². The van der Waals surface area contributed by atoms with E-state index in [1.54, 1.807) is 0 Å². The highest BCUT2D eigenvalue weighted by Crippen LogP contribution is 2.26. The number of nitrogens with one attached hydrogen (secondary N) is 1. The molecule has 0 unspecified atom stereocenters. The van der Waals surface area contributed by atoms with E-state index in [1.165, 1.54) is 5.56 Å². The van der Waals surface area contributed by atoms with Gasteiger partial charge in [-0.05, 0) is 36.0 Å². The van der Waals surface area contributed by atoms with Crippen molar-refractivity contribution in [1.29, 1.82) is 0 Å². The summed E-state index contributed by atoms with van der Waals surface area (Å²) in [5.41, 5.74) is 2.08. The van der Waals surface area contributed by atoms with Gasteiger partial charge in [-0.1, -0.05) is 70.0 Å². The van der Waals surface area contributed by atoms with Crippen molar-refractivity contribution in [3.8, 4) is 0 Å². The lowest BCUT2D eigenvalue weighted by Gasteiger charge is -2.35. The van der Waals surface area contributed by atoms with Crippen molar-refractivity contribution >= 4 is 56.6 Å². The van der Waals surface area contributed by atoms with Gasteiger partial charge >= 0.3 is 0 Å². The first-order valence-electron chi connectivity index (χ1n) is 8.57. The molecule has 0 amide bonds. The Bertz CT molecular complexity index is 774. The predicted octanol–water partition coefficient (Wildman–Crippen LogP) is 5.13. The number of halogens is 2.